The summed E-state index contributed by atoms with van der Waals surface area (Å²) in [5.41, 5.74) is 3.01. The lowest BCUT2D eigenvalue weighted by molar-refractivity contribution is -0.132. The zero-order valence-electron chi connectivity index (χ0n) is 19.8. The van der Waals surface area contributed by atoms with E-state index in [0.717, 1.165) is 16.9 Å². The van der Waals surface area contributed by atoms with Crippen molar-refractivity contribution in [3.8, 4) is 0 Å². The molecule has 1 atom stereocenters. The van der Waals surface area contributed by atoms with Gasteiger partial charge in [0.15, 0.2) is 5.76 Å². The number of hydrogen-bond acceptors (Lipinski definition) is 9. The number of esters is 1. The second kappa shape index (κ2) is 8.68. The Hall–Kier alpha value is -4.38. The standard InChI is InChI=1S/C25H21N5O5S/c1-12-6-5-11-29-13(2)18(26-22(12)29)20(31)17-19(15-7-9-16(10-8-15)24(34)35-4)30(23(33)21(17)32)25-28-27-14(3)36-25/h5-11,19,31H,1-4H3. The Balaban J connectivity index is 1.74. The molecule has 0 saturated carbocycles. The fourth-order valence-corrected chi connectivity index (χ4v) is 5.04. The number of rotatable bonds is 4. The van der Waals surface area contributed by atoms with Gasteiger partial charge in [0, 0.05) is 6.20 Å². The third-order valence-corrected chi connectivity index (χ3v) is 6.96. The van der Waals surface area contributed by atoms with Gasteiger partial charge < -0.3 is 14.2 Å². The highest BCUT2D eigenvalue weighted by atomic mass is 32.1. The second-order valence-electron chi connectivity index (χ2n) is 8.32. The molecule has 1 unspecified atom stereocenters. The molecule has 0 aliphatic carbocycles. The van der Waals surface area contributed by atoms with Gasteiger partial charge in [-0.2, -0.15) is 0 Å². The summed E-state index contributed by atoms with van der Waals surface area (Å²) < 4.78 is 6.58. The maximum absolute atomic E-state index is 13.3. The highest BCUT2D eigenvalue weighted by molar-refractivity contribution is 7.15. The van der Waals surface area contributed by atoms with Gasteiger partial charge >= 0.3 is 11.9 Å². The zero-order chi connectivity index (χ0) is 25.7. The van der Waals surface area contributed by atoms with Crippen LogP contribution in [0.3, 0.4) is 0 Å². The van der Waals surface area contributed by atoms with Gasteiger partial charge in [-0.25, -0.2) is 9.78 Å². The Morgan fingerprint density at radius 2 is 1.81 bits per heavy atom. The third-order valence-electron chi connectivity index (χ3n) is 6.12. The summed E-state index contributed by atoms with van der Waals surface area (Å²) in [5.74, 6) is -2.62. The van der Waals surface area contributed by atoms with Gasteiger partial charge in [-0.1, -0.05) is 29.5 Å². The SMILES string of the molecule is COC(=O)c1ccc(C2C(=C(O)c3nc4c(C)cccn4c3C)C(=O)C(=O)N2c2nnc(C)s2)cc1. The fourth-order valence-electron chi connectivity index (χ4n) is 4.32. The minimum atomic E-state index is -1.01. The van der Waals surface area contributed by atoms with Gasteiger partial charge in [0.1, 0.15) is 16.3 Å². The minimum Gasteiger partial charge on any atom is -0.505 e. The van der Waals surface area contributed by atoms with E-state index in [1.165, 1.54) is 24.1 Å². The number of carbonyl (C=O) groups is 3. The topological polar surface area (TPSA) is 127 Å². The van der Waals surface area contributed by atoms with E-state index in [2.05, 4.69) is 15.2 Å². The lowest BCUT2D eigenvalue weighted by atomic mass is 9.95. The van der Waals surface area contributed by atoms with Crippen LogP contribution >= 0.6 is 11.3 Å². The third kappa shape index (κ3) is 3.55. The molecule has 5 rings (SSSR count). The summed E-state index contributed by atoms with van der Waals surface area (Å²) in [6, 6.07) is 9.04. The predicted molar refractivity (Wildman–Crippen MR) is 132 cm³/mol. The molecular weight excluding hydrogens is 482 g/mol. The number of Topliss-reactive ketones (excluding diaryl/α,β-unsaturated/α-hetero) is 1. The molecule has 10 nitrogen and oxygen atoms in total. The van der Waals surface area contributed by atoms with Gasteiger partial charge in [0.2, 0.25) is 5.13 Å². The van der Waals surface area contributed by atoms with Crippen molar-refractivity contribution in [1.29, 1.82) is 0 Å². The van der Waals surface area contributed by atoms with Crippen LogP contribution in [0.2, 0.25) is 0 Å². The second-order valence-corrected chi connectivity index (χ2v) is 9.48. The summed E-state index contributed by atoms with van der Waals surface area (Å²) in [7, 11) is 1.28. The molecule has 0 spiro atoms. The van der Waals surface area contributed by atoms with Crippen molar-refractivity contribution >= 4 is 45.5 Å². The largest absolute Gasteiger partial charge is 0.505 e. The first kappa shape index (κ1) is 23.4. The number of ether oxygens (including phenoxy) is 1. The number of aliphatic hydroxyl groups is 1. The predicted octanol–water partition coefficient (Wildman–Crippen LogP) is 3.52. The summed E-state index contributed by atoms with van der Waals surface area (Å²) >= 11 is 1.15. The van der Waals surface area contributed by atoms with Crippen molar-refractivity contribution in [2.75, 3.05) is 12.0 Å². The minimum absolute atomic E-state index is 0.122. The number of imidazole rings is 1. The van der Waals surface area contributed by atoms with Crippen molar-refractivity contribution in [1.82, 2.24) is 19.6 Å². The van der Waals surface area contributed by atoms with Crippen LogP contribution in [0.15, 0.2) is 48.2 Å². The lowest BCUT2D eigenvalue weighted by Crippen LogP contribution is -2.29. The number of benzene rings is 1. The maximum Gasteiger partial charge on any atom is 0.337 e. The number of aromatic nitrogens is 4. The van der Waals surface area contributed by atoms with E-state index in [4.69, 9.17) is 4.74 Å². The van der Waals surface area contributed by atoms with Crippen LogP contribution < -0.4 is 4.90 Å². The molecule has 1 fully saturated rings. The number of fused-ring (bicyclic) bond motifs is 1. The van der Waals surface area contributed by atoms with Crippen LogP contribution in [0.25, 0.3) is 11.4 Å². The van der Waals surface area contributed by atoms with Crippen LogP contribution in [0.4, 0.5) is 5.13 Å². The van der Waals surface area contributed by atoms with Crippen LogP contribution in [0, 0.1) is 20.8 Å². The normalized spacial score (nSPS) is 17.2. The molecule has 1 aliphatic rings. The van der Waals surface area contributed by atoms with Gasteiger partial charge in [0.25, 0.3) is 5.78 Å². The molecule has 1 aliphatic heterocycles. The molecule has 4 aromatic rings. The van der Waals surface area contributed by atoms with Crippen molar-refractivity contribution in [3.63, 3.8) is 0 Å². The number of methoxy groups -OCH3 is 1. The molecule has 3 aromatic heterocycles. The van der Waals surface area contributed by atoms with E-state index in [1.54, 1.807) is 26.0 Å². The molecule has 182 valence electrons. The number of aryl methyl sites for hydroxylation is 3. The molecule has 4 heterocycles. The smallest absolute Gasteiger partial charge is 0.337 e. The number of anilines is 1. The average Bonchev–Trinajstić information content (AvgIpc) is 3.53. The molecule has 1 saturated heterocycles. The highest BCUT2D eigenvalue weighted by Gasteiger charge is 2.48. The lowest BCUT2D eigenvalue weighted by Gasteiger charge is -2.22. The van der Waals surface area contributed by atoms with Crippen molar-refractivity contribution in [2.45, 2.75) is 26.8 Å². The van der Waals surface area contributed by atoms with Crippen LogP contribution in [-0.2, 0) is 14.3 Å². The number of ketones is 1. The number of aliphatic hydroxyl groups excluding tert-OH is 1. The number of hydrogen-bond donors (Lipinski definition) is 1. The van der Waals surface area contributed by atoms with E-state index in [0.29, 0.717) is 27.5 Å². The maximum atomic E-state index is 13.3. The van der Waals surface area contributed by atoms with E-state index in [1.807, 2.05) is 29.7 Å². The Labute approximate surface area is 209 Å². The Kier molecular flexibility index (Phi) is 5.64. The van der Waals surface area contributed by atoms with Crippen molar-refractivity contribution < 1.29 is 24.2 Å². The molecule has 1 N–H and O–H groups in total. The molecule has 36 heavy (non-hydrogen) atoms. The Bertz CT molecular complexity index is 1580. The van der Waals surface area contributed by atoms with Crippen LogP contribution in [0.1, 0.15) is 43.9 Å². The number of carbonyl (C=O) groups excluding carboxylic acids is 3. The summed E-state index contributed by atoms with van der Waals surface area (Å²) in [5, 5.41) is 20.3. The van der Waals surface area contributed by atoms with Gasteiger partial charge in [-0.3, -0.25) is 14.5 Å². The van der Waals surface area contributed by atoms with E-state index >= 15 is 0 Å². The Morgan fingerprint density at radius 1 is 1.08 bits per heavy atom. The fraction of sp³-hybridized carbons (Fsp3) is 0.200. The van der Waals surface area contributed by atoms with Crippen LogP contribution in [0.5, 0.6) is 0 Å². The molecule has 0 bridgehead atoms. The zero-order valence-corrected chi connectivity index (χ0v) is 20.7. The highest BCUT2D eigenvalue weighted by Crippen LogP contribution is 2.43. The van der Waals surface area contributed by atoms with Crippen LogP contribution in [-0.4, -0.2) is 49.5 Å². The van der Waals surface area contributed by atoms with Crippen molar-refractivity contribution in [3.05, 3.63) is 81.3 Å². The number of nitrogens with zero attached hydrogens (tertiary/aromatic N) is 5. The average molecular weight is 504 g/mol. The summed E-state index contributed by atoms with van der Waals surface area (Å²) in [6.07, 6.45) is 1.81. The molecule has 0 radical (unpaired) electrons. The van der Waals surface area contributed by atoms with Gasteiger partial charge in [-0.05, 0) is 50.1 Å². The van der Waals surface area contributed by atoms with E-state index < -0.39 is 23.7 Å². The van der Waals surface area contributed by atoms with Gasteiger partial charge in [0.05, 0.1) is 30.0 Å². The van der Waals surface area contributed by atoms with E-state index in [-0.39, 0.29) is 22.2 Å². The summed E-state index contributed by atoms with van der Waals surface area (Å²) in [4.78, 5) is 44.3. The molecular formula is C25H21N5O5S. The monoisotopic (exact) mass is 503 g/mol. The molecule has 1 aromatic carbocycles. The van der Waals surface area contributed by atoms with Gasteiger partial charge in [-0.15, -0.1) is 10.2 Å². The first-order chi connectivity index (χ1) is 17.2. The molecule has 11 heteroatoms. The number of amides is 1. The molecule has 1 amide bonds. The number of pyridine rings is 1. The quantitative estimate of drug-likeness (QED) is 0.194. The summed E-state index contributed by atoms with van der Waals surface area (Å²) in [6.45, 7) is 5.41. The Morgan fingerprint density at radius 3 is 2.42 bits per heavy atom. The van der Waals surface area contributed by atoms with Crippen molar-refractivity contribution in [2.24, 2.45) is 0 Å². The first-order valence-corrected chi connectivity index (χ1v) is 11.8. The first-order valence-electron chi connectivity index (χ1n) is 11.0. The van der Waals surface area contributed by atoms with E-state index in [9.17, 15) is 19.5 Å².